The molecule has 0 amide bonds. The van der Waals surface area contributed by atoms with E-state index >= 15 is 0 Å². The number of aromatic nitrogens is 1. The van der Waals surface area contributed by atoms with Gasteiger partial charge in [0.2, 0.25) is 6.29 Å². The van der Waals surface area contributed by atoms with Gasteiger partial charge in [0.1, 0.15) is 5.01 Å². The van der Waals surface area contributed by atoms with Gasteiger partial charge in [0.25, 0.3) is 0 Å². The van der Waals surface area contributed by atoms with Crippen LogP contribution in [-0.2, 0) is 9.47 Å². The summed E-state index contributed by atoms with van der Waals surface area (Å²) in [4.78, 5) is 4.19. The van der Waals surface area contributed by atoms with Crippen molar-refractivity contribution in [2.45, 2.75) is 12.4 Å². The van der Waals surface area contributed by atoms with Crippen molar-refractivity contribution < 1.29 is 9.47 Å². The Morgan fingerprint density at radius 1 is 1.77 bits per heavy atom. The maximum atomic E-state index is 5.51. The lowest BCUT2D eigenvalue weighted by atomic mass is 10.4. The van der Waals surface area contributed by atoms with Crippen molar-refractivity contribution in [3.05, 3.63) is 14.1 Å². The van der Waals surface area contributed by atoms with E-state index < -0.39 is 0 Å². The van der Waals surface area contributed by atoms with Gasteiger partial charge in [-0.05, 0) is 22.6 Å². The van der Waals surface area contributed by atoms with Crippen LogP contribution >= 0.6 is 33.9 Å². The minimum atomic E-state index is -0.304. The molecular formula is C7H9IN2O2S. The molecule has 2 rings (SSSR count). The molecule has 0 radical (unpaired) electrons. The van der Waals surface area contributed by atoms with Gasteiger partial charge in [-0.2, -0.15) is 0 Å². The van der Waals surface area contributed by atoms with E-state index in [2.05, 4.69) is 27.6 Å². The molecule has 0 aromatic carbocycles. The number of nitrogens with two attached hydrogens (primary N) is 1. The number of rotatable bonds is 2. The van der Waals surface area contributed by atoms with E-state index in [1.54, 1.807) is 11.3 Å². The van der Waals surface area contributed by atoms with Crippen LogP contribution in [0.25, 0.3) is 0 Å². The van der Waals surface area contributed by atoms with Crippen molar-refractivity contribution in [3.63, 3.8) is 0 Å². The Labute approximate surface area is 93.6 Å². The van der Waals surface area contributed by atoms with Gasteiger partial charge in [0, 0.05) is 6.54 Å². The van der Waals surface area contributed by atoms with Crippen LogP contribution < -0.4 is 5.73 Å². The molecule has 2 unspecified atom stereocenters. The predicted octanol–water partition coefficient (Wildman–Crippen LogP) is 1.12. The van der Waals surface area contributed by atoms with Crippen LogP contribution in [0.3, 0.4) is 0 Å². The summed E-state index contributed by atoms with van der Waals surface area (Å²) in [5, 5.41) is 0.875. The average molecular weight is 312 g/mol. The Morgan fingerprint density at radius 2 is 2.62 bits per heavy atom. The molecule has 0 aliphatic carbocycles. The molecule has 1 aromatic heterocycles. The molecule has 1 aliphatic rings. The Balaban J connectivity index is 2.03. The van der Waals surface area contributed by atoms with Gasteiger partial charge in [-0.15, -0.1) is 11.3 Å². The number of hydrogen-bond donors (Lipinski definition) is 1. The van der Waals surface area contributed by atoms with Gasteiger partial charge >= 0.3 is 0 Å². The average Bonchev–Trinajstić information content (AvgIpc) is 2.71. The third-order valence-corrected chi connectivity index (χ3v) is 3.46. The van der Waals surface area contributed by atoms with Crippen LogP contribution in [0.5, 0.6) is 0 Å². The smallest absolute Gasteiger partial charge is 0.211 e. The highest BCUT2D eigenvalue weighted by atomic mass is 127. The van der Waals surface area contributed by atoms with E-state index in [9.17, 15) is 0 Å². The molecule has 72 valence electrons. The Morgan fingerprint density at radius 3 is 3.15 bits per heavy atom. The lowest BCUT2D eigenvalue weighted by Crippen LogP contribution is -2.21. The van der Waals surface area contributed by atoms with Crippen molar-refractivity contribution >= 4 is 33.9 Å². The van der Waals surface area contributed by atoms with Crippen LogP contribution in [-0.4, -0.2) is 24.2 Å². The van der Waals surface area contributed by atoms with E-state index in [-0.39, 0.29) is 12.4 Å². The Kier molecular flexibility index (Phi) is 3.14. The monoisotopic (exact) mass is 312 g/mol. The van der Waals surface area contributed by atoms with Crippen LogP contribution in [0.4, 0.5) is 0 Å². The van der Waals surface area contributed by atoms with Crippen LogP contribution in [0.2, 0.25) is 0 Å². The topological polar surface area (TPSA) is 57.4 Å². The molecular weight excluding hydrogens is 303 g/mol. The fraction of sp³-hybridized carbons (Fsp3) is 0.571. The van der Waals surface area contributed by atoms with E-state index in [0.29, 0.717) is 13.2 Å². The Bertz CT molecular complexity index is 294. The summed E-state index contributed by atoms with van der Waals surface area (Å²) in [6, 6.07) is 0. The molecule has 2 atom stereocenters. The van der Waals surface area contributed by atoms with E-state index in [1.165, 1.54) is 0 Å². The maximum absolute atomic E-state index is 5.51. The summed E-state index contributed by atoms with van der Waals surface area (Å²) in [6.45, 7) is 1.07. The van der Waals surface area contributed by atoms with Gasteiger partial charge in [0.05, 0.1) is 21.8 Å². The zero-order chi connectivity index (χ0) is 9.26. The molecule has 1 fully saturated rings. The van der Waals surface area contributed by atoms with Crippen molar-refractivity contribution in [3.8, 4) is 0 Å². The third kappa shape index (κ3) is 2.18. The van der Waals surface area contributed by atoms with Crippen molar-refractivity contribution in [2.24, 2.45) is 5.73 Å². The number of hydrogen-bond acceptors (Lipinski definition) is 5. The molecule has 4 nitrogen and oxygen atoms in total. The van der Waals surface area contributed by atoms with Gasteiger partial charge < -0.3 is 15.2 Å². The van der Waals surface area contributed by atoms with Crippen molar-refractivity contribution in [1.29, 1.82) is 0 Å². The highest BCUT2D eigenvalue weighted by molar-refractivity contribution is 14.1. The second-order valence-corrected chi connectivity index (χ2v) is 5.62. The van der Waals surface area contributed by atoms with Crippen molar-refractivity contribution in [1.82, 2.24) is 4.98 Å². The van der Waals surface area contributed by atoms with Gasteiger partial charge in [-0.1, -0.05) is 0 Å². The summed E-state index contributed by atoms with van der Waals surface area (Å²) >= 11 is 3.80. The number of halogens is 1. The quantitative estimate of drug-likeness (QED) is 0.832. The summed E-state index contributed by atoms with van der Waals surface area (Å²) in [7, 11) is 0. The second kappa shape index (κ2) is 4.18. The van der Waals surface area contributed by atoms with Gasteiger partial charge in [0.15, 0.2) is 0 Å². The molecule has 0 saturated carbocycles. The van der Waals surface area contributed by atoms with Gasteiger partial charge in [-0.3, -0.25) is 0 Å². The summed E-state index contributed by atoms with van der Waals surface area (Å²) in [5.74, 6) is 0. The number of ether oxygens (including phenoxy) is 2. The standard InChI is InChI=1S/C7H9IN2O2S/c8-5-2-10-6(13-5)7-11-3-4(1-9)12-7/h2,4,7H,1,3,9H2. The van der Waals surface area contributed by atoms with E-state index in [1.807, 2.05) is 6.20 Å². The van der Waals surface area contributed by atoms with Gasteiger partial charge in [-0.25, -0.2) is 4.98 Å². The highest BCUT2D eigenvalue weighted by Crippen LogP contribution is 2.29. The highest BCUT2D eigenvalue weighted by Gasteiger charge is 2.28. The van der Waals surface area contributed by atoms with Crippen LogP contribution in [0, 0.1) is 2.88 Å². The molecule has 6 heteroatoms. The second-order valence-electron chi connectivity index (χ2n) is 2.66. The molecule has 0 bridgehead atoms. The summed E-state index contributed by atoms with van der Waals surface area (Å²) in [5.41, 5.74) is 5.46. The number of nitrogens with zero attached hydrogens (tertiary/aromatic N) is 1. The number of thiazole rings is 1. The molecule has 13 heavy (non-hydrogen) atoms. The zero-order valence-electron chi connectivity index (χ0n) is 6.77. The normalized spacial score (nSPS) is 28.2. The lowest BCUT2D eigenvalue weighted by Gasteiger charge is -2.06. The maximum Gasteiger partial charge on any atom is 0.211 e. The van der Waals surface area contributed by atoms with Crippen LogP contribution in [0.15, 0.2) is 6.20 Å². The third-order valence-electron chi connectivity index (χ3n) is 1.71. The molecule has 0 spiro atoms. The van der Waals surface area contributed by atoms with Crippen molar-refractivity contribution in [2.75, 3.05) is 13.2 Å². The molecule has 1 saturated heterocycles. The fourth-order valence-electron chi connectivity index (χ4n) is 1.08. The summed E-state index contributed by atoms with van der Waals surface area (Å²) < 4.78 is 12.0. The molecule has 1 aromatic rings. The Hall–Kier alpha value is 0.240. The minimum absolute atomic E-state index is 0.0200. The SMILES string of the molecule is NCC1COC(c2ncc(I)s2)O1. The zero-order valence-corrected chi connectivity index (χ0v) is 9.75. The van der Waals surface area contributed by atoms with E-state index in [4.69, 9.17) is 15.2 Å². The largest absolute Gasteiger partial charge is 0.344 e. The fourth-order valence-corrected chi connectivity index (χ4v) is 2.52. The van der Waals surface area contributed by atoms with E-state index in [0.717, 1.165) is 7.89 Å². The van der Waals surface area contributed by atoms with Crippen LogP contribution in [0.1, 0.15) is 11.3 Å². The first kappa shape index (κ1) is 9.78. The molecule has 2 heterocycles. The first-order valence-corrected chi connectivity index (χ1v) is 5.77. The minimum Gasteiger partial charge on any atom is -0.344 e. The first-order valence-electron chi connectivity index (χ1n) is 3.88. The predicted molar refractivity (Wildman–Crippen MR) is 57.5 cm³/mol. The first-order chi connectivity index (χ1) is 6.29. The molecule has 2 N–H and O–H groups in total. The lowest BCUT2D eigenvalue weighted by molar-refractivity contribution is -0.0586. The summed E-state index contributed by atoms with van der Waals surface area (Å²) in [6.07, 6.45) is 1.52. The molecule has 1 aliphatic heterocycles.